The molecule has 0 aliphatic heterocycles. The lowest BCUT2D eigenvalue weighted by atomic mass is 9.93. The SMILES string of the molecule is C=C(C)C(=O)Sc1ccc(-c2cccc3c(-c4ccc(SC(=O)C(=C)C)cc4)cccc23)cc1. The number of hydrogen-bond acceptors (Lipinski definition) is 4. The van der Waals surface area contributed by atoms with Crippen LogP contribution in [0, 0.1) is 0 Å². The molecule has 0 atom stereocenters. The molecule has 4 aromatic rings. The molecule has 4 aromatic carbocycles. The number of fused-ring (bicyclic) bond motifs is 1. The zero-order valence-electron chi connectivity index (χ0n) is 19.1. The van der Waals surface area contributed by atoms with E-state index < -0.39 is 0 Å². The van der Waals surface area contributed by atoms with Crippen LogP contribution in [-0.2, 0) is 9.59 Å². The number of carbonyl (C=O) groups is 2. The minimum atomic E-state index is -0.0176. The van der Waals surface area contributed by atoms with Gasteiger partial charge in [-0.3, -0.25) is 9.59 Å². The molecule has 4 rings (SSSR count). The molecule has 0 heterocycles. The van der Waals surface area contributed by atoms with Gasteiger partial charge in [-0.25, -0.2) is 0 Å². The summed E-state index contributed by atoms with van der Waals surface area (Å²) in [6, 6.07) is 28.8. The lowest BCUT2D eigenvalue weighted by Crippen LogP contribution is -1.91. The highest BCUT2D eigenvalue weighted by molar-refractivity contribution is 8.14. The molecule has 0 amide bonds. The zero-order chi connectivity index (χ0) is 24.2. The highest BCUT2D eigenvalue weighted by atomic mass is 32.2. The molecular weight excluding hydrogens is 456 g/mol. The van der Waals surface area contributed by atoms with Crippen molar-refractivity contribution in [3.63, 3.8) is 0 Å². The Balaban J connectivity index is 1.67. The van der Waals surface area contributed by atoms with Gasteiger partial charge in [0.05, 0.1) is 0 Å². The monoisotopic (exact) mass is 480 g/mol. The Labute approximate surface area is 208 Å². The molecule has 0 radical (unpaired) electrons. The van der Waals surface area contributed by atoms with E-state index in [0.29, 0.717) is 11.1 Å². The van der Waals surface area contributed by atoms with Crippen LogP contribution in [0.2, 0.25) is 0 Å². The minimum Gasteiger partial charge on any atom is -0.282 e. The Hall–Kier alpha value is -3.34. The van der Waals surface area contributed by atoms with E-state index in [0.717, 1.165) is 42.8 Å². The van der Waals surface area contributed by atoms with Crippen molar-refractivity contribution in [2.45, 2.75) is 23.6 Å². The van der Waals surface area contributed by atoms with Gasteiger partial charge in [0.1, 0.15) is 0 Å². The van der Waals surface area contributed by atoms with Crippen molar-refractivity contribution in [1.29, 1.82) is 0 Å². The van der Waals surface area contributed by atoms with Crippen molar-refractivity contribution in [3.8, 4) is 22.3 Å². The van der Waals surface area contributed by atoms with E-state index in [-0.39, 0.29) is 10.2 Å². The van der Waals surface area contributed by atoms with E-state index in [4.69, 9.17) is 0 Å². The summed E-state index contributed by atoms with van der Waals surface area (Å²) in [5.41, 5.74) is 5.57. The Morgan fingerprint density at radius 1 is 0.559 bits per heavy atom. The largest absolute Gasteiger partial charge is 0.282 e. The van der Waals surface area contributed by atoms with Crippen molar-refractivity contribution in [3.05, 3.63) is 109 Å². The second kappa shape index (κ2) is 10.3. The van der Waals surface area contributed by atoms with Crippen LogP contribution >= 0.6 is 23.5 Å². The average Bonchev–Trinajstić information content (AvgIpc) is 2.84. The first kappa shape index (κ1) is 23.8. The first-order valence-corrected chi connectivity index (χ1v) is 12.4. The van der Waals surface area contributed by atoms with Crippen LogP contribution in [0.25, 0.3) is 33.0 Å². The van der Waals surface area contributed by atoms with E-state index in [1.165, 1.54) is 23.5 Å². The van der Waals surface area contributed by atoms with Crippen LogP contribution in [-0.4, -0.2) is 10.2 Å². The lowest BCUT2D eigenvalue weighted by Gasteiger charge is -2.12. The molecule has 168 valence electrons. The first-order valence-electron chi connectivity index (χ1n) is 10.8. The summed E-state index contributed by atoms with van der Waals surface area (Å²) in [6.45, 7) is 10.9. The Morgan fingerprint density at radius 2 is 0.912 bits per heavy atom. The van der Waals surface area contributed by atoms with Gasteiger partial charge in [-0.2, -0.15) is 0 Å². The number of thioether (sulfide) groups is 2. The molecule has 0 N–H and O–H groups in total. The first-order chi connectivity index (χ1) is 16.3. The third kappa shape index (κ3) is 5.24. The quantitative estimate of drug-likeness (QED) is 0.204. The third-order valence-corrected chi connectivity index (χ3v) is 7.45. The molecule has 0 unspecified atom stereocenters. The molecule has 0 fully saturated rings. The summed E-state index contributed by atoms with van der Waals surface area (Å²) in [7, 11) is 0. The van der Waals surface area contributed by atoms with Gasteiger partial charge in [0.2, 0.25) is 10.2 Å². The summed E-state index contributed by atoms with van der Waals surface area (Å²) < 4.78 is 0. The van der Waals surface area contributed by atoms with Gasteiger partial charge >= 0.3 is 0 Å². The van der Waals surface area contributed by atoms with Gasteiger partial charge < -0.3 is 0 Å². The van der Waals surface area contributed by atoms with Crippen molar-refractivity contribution < 1.29 is 9.59 Å². The molecule has 0 aliphatic carbocycles. The fourth-order valence-electron chi connectivity index (χ4n) is 3.61. The predicted molar refractivity (Wildman–Crippen MR) is 146 cm³/mol. The van der Waals surface area contributed by atoms with Crippen LogP contribution < -0.4 is 0 Å². The van der Waals surface area contributed by atoms with Crippen LogP contribution in [0.3, 0.4) is 0 Å². The Bertz CT molecular complexity index is 1300. The highest BCUT2D eigenvalue weighted by Gasteiger charge is 2.11. The van der Waals surface area contributed by atoms with Gasteiger partial charge in [0, 0.05) is 9.79 Å². The topological polar surface area (TPSA) is 34.1 Å². The van der Waals surface area contributed by atoms with E-state index in [1.54, 1.807) is 13.8 Å². The van der Waals surface area contributed by atoms with Gasteiger partial charge in [-0.15, -0.1) is 0 Å². The van der Waals surface area contributed by atoms with E-state index in [1.807, 2.05) is 24.3 Å². The van der Waals surface area contributed by atoms with E-state index in [2.05, 4.69) is 73.8 Å². The second-order valence-corrected chi connectivity index (χ2v) is 10.2. The Morgan fingerprint density at radius 3 is 1.24 bits per heavy atom. The maximum absolute atomic E-state index is 12.0. The second-order valence-electron chi connectivity index (χ2n) is 8.09. The fraction of sp³-hybridized carbons (Fsp3) is 0.0667. The highest BCUT2D eigenvalue weighted by Crippen LogP contribution is 2.36. The normalized spacial score (nSPS) is 10.8. The fourth-order valence-corrected chi connectivity index (χ4v) is 4.93. The van der Waals surface area contributed by atoms with Gasteiger partial charge in [-0.05, 0) is 106 Å². The molecule has 0 bridgehead atoms. The molecule has 0 aliphatic rings. The van der Waals surface area contributed by atoms with Gasteiger partial charge in [0.15, 0.2) is 0 Å². The van der Waals surface area contributed by atoms with Crippen LogP contribution in [0.4, 0.5) is 0 Å². The number of benzene rings is 4. The van der Waals surface area contributed by atoms with E-state index >= 15 is 0 Å². The number of carbonyl (C=O) groups excluding carboxylic acids is 2. The molecule has 2 nitrogen and oxygen atoms in total. The number of hydrogen-bond donors (Lipinski definition) is 0. The van der Waals surface area contributed by atoms with E-state index in [9.17, 15) is 9.59 Å². The maximum atomic E-state index is 12.0. The smallest absolute Gasteiger partial charge is 0.219 e. The molecule has 0 spiro atoms. The third-order valence-electron chi connectivity index (χ3n) is 5.37. The number of rotatable bonds is 6. The van der Waals surface area contributed by atoms with Crippen molar-refractivity contribution in [1.82, 2.24) is 0 Å². The molecular formula is C30H24O2S2. The molecule has 4 heteroatoms. The maximum Gasteiger partial charge on any atom is 0.219 e. The average molecular weight is 481 g/mol. The molecule has 34 heavy (non-hydrogen) atoms. The van der Waals surface area contributed by atoms with Crippen molar-refractivity contribution in [2.75, 3.05) is 0 Å². The van der Waals surface area contributed by atoms with Crippen LogP contribution in [0.5, 0.6) is 0 Å². The molecule has 0 saturated heterocycles. The molecule has 0 aromatic heterocycles. The lowest BCUT2D eigenvalue weighted by molar-refractivity contribution is -0.108. The summed E-state index contributed by atoms with van der Waals surface area (Å²) in [5, 5.41) is 2.29. The summed E-state index contributed by atoms with van der Waals surface area (Å²) in [5.74, 6) is 0. The summed E-state index contributed by atoms with van der Waals surface area (Å²) in [6.07, 6.45) is 0. The zero-order valence-corrected chi connectivity index (χ0v) is 20.8. The Kier molecular flexibility index (Phi) is 7.20. The summed E-state index contributed by atoms with van der Waals surface area (Å²) in [4.78, 5) is 25.7. The predicted octanol–water partition coefficient (Wildman–Crippen LogP) is 8.56. The minimum absolute atomic E-state index is 0.0176. The van der Waals surface area contributed by atoms with Gasteiger partial charge in [0.25, 0.3) is 0 Å². The van der Waals surface area contributed by atoms with Crippen LogP contribution in [0.15, 0.2) is 119 Å². The standard InChI is InChI=1S/C30H24O2S2/c1-19(2)29(31)33-23-15-11-21(12-16-23)25-7-5-10-28-26(8-6-9-27(25)28)22-13-17-24(18-14-22)34-30(32)20(3)4/h5-18H,1,3H2,2,4H3. The van der Waals surface area contributed by atoms with Crippen LogP contribution in [0.1, 0.15) is 13.8 Å². The summed E-state index contributed by atoms with van der Waals surface area (Å²) >= 11 is 2.40. The van der Waals surface area contributed by atoms with Crippen molar-refractivity contribution in [2.24, 2.45) is 0 Å². The van der Waals surface area contributed by atoms with Gasteiger partial charge in [-0.1, -0.05) is 73.8 Å². The van der Waals surface area contributed by atoms with Crippen molar-refractivity contribution >= 4 is 44.5 Å². The molecule has 0 saturated carbocycles.